The van der Waals surface area contributed by atoms with Gasteiger partial charge in [-0.2, -0.15) is 4.31 Å². The van der Waals surface area contributed by atoms with Gasteiger partial charge in [0.25, 0.3) is 0 Å². The minimum absolute atomic E-state index is 0.00252. The zero-order chi connectivity index (χ0) is 17.2. The topological polar surface area (TPSA) is 75.7 Å². The lowest BCUT2D eigenvalue weighted by Gasteiger charge is -2.24. The third-order valence-electron chi connectivity index (χ3n) is 4.45. The second-order valence-corrected chi connectivity index (χ2v) is 8.00. The van der Waals surface area contributed by atoms with Crippen LogP contribution in [-0.2, 0) is 19.6 Å². The number of benzene rings is 1. The molecule has 24 heavy (non-hydrogen) atoms. The maximum absolute atomic E-state index is 13.0. The normalized spacial score (nSPS) is 25.0. The molecule has 8 heteroatoms. The Balaban J connectivity index is 1.69. The van der Waals surface area contributed by atoms with Gasteiger partial charge in [-0.1, -0.05) is 0 Å². The summed E-state index contributed by atoms with van der Waals surface area (Å²) in [5, 5.41) is 2.80. The third-order valence-corrected chi connectivity index (χ3v) is 6.38. The quantitative estimate of drug-likeness (QED) is 0.862. The van der Waals surface area contributed by atoms with E-state index in [1.54, 1.807) is 0 Å². The minimum Gasteiger partial charge on any atom is -0.376 e. The maximum Gasteiger partial charge on any atom is 0.243 e. The molecule has 1 amide bonds. The summed E-state index contributed by atoms with van der Waals surface area (Å²) in [6, 6.07) is 3.95. The smallest absolute Gasteiger partial charge is 0.243 e. The molecule has 0 radical (unpaired) electrons. The number of halogens is 1. The number of hydrogen-bond donors (Lipinski definition) is 1. The molecule has 6 nitrogen and oxygen atoms in total. The van der Waals surface area contributed by atoms with Crippen LogP contribution in [0.5, 0.6) is 0 Å². The lowest BCUT2D eigenvalue weighted by Crippen LogP contribution is -2.47. The largest absolute Gasteiger partial charge is 0.376 e. The number of hydrogen-bond acceptors (Lipinski definition) is 4. The first-order valence-electron chi connectivity index (χ1n) is 8.15. The molecule has 0 aliphatic carbocycles. The molecule has 0 saturated carbocycles. The van der Waals surface area contributed by atoms with Crippen LogP contribution >= 0.6 is 0 Å². The zero-order valence-corrected chi connectivity index (χ0v) is 14.1. The molecule has 132 valence electrons. The average Bonchev–Trinajstić information content (AvgIpc) is 3.24. The minimum atomic E-state index is -3.81. The second kappa shape index (κ2) is 7.16. The summed E-state index contributed by atoms with van der Waals surface area (Å²) in [5.74, 6) is -0.796. The predicted molar refractivity (Wildman–Crippen MR) is 85.3 cm³/mol. The van der Waals surface area contributed by atoms with Crippen molar-refractivity contribution in [3.8, 4) is 0 Å². The van der Waals surface area contributed by atoms with E-state index in [-0.39, 0.29) is 23.5 Å². The fourth-order valence-corrected chi connectivity index (χ4v) is 4.83. The molecule has 0 spiro atoms. The Morgan fingerprint density at radius 2 is 2.00 bits per heavy atom. The van der Waals surface area contributed by atoms with Crippen molar-refractivity contribution in [2.45, 2.75) is 42.7 Å². The van der Waals surface area contributed by atoms with Crippen LogP contribution in [0.15, 0.2) is 29.2 Å². The van der Waals surface area contributed by atoms with Crippen LogP contribution < -0.4 is 5.32 Å². The van der Waals surface area contributed by atoms with Gasteiger partial charge in [-0.3, -0.25) is 4.79 Å². The summed E-state index contributed by atoms with van der Waals surface area (Å²) in [6.07, 6.45) is 3.01. The molecule has 0 bridgehead atoms. The second-order valence-electron chi connectivity index (χ2n) is 6.11. The molecular formula is C16H21FN2O4S. The molecule has 2 atom stereocenters. The highest BCUT2D eigenvalue weighted by Gasteiger charge is 2.39. The lowest BCUT2D eigenvalue weighted by atomic mass is 10.2. The van der Waals surface area contributed by atoms with E-state index in [0.29, 0.717) is 26.0 Å². The van der Waals surface area contributed by atoms with E-state index in [0.717, 1.165) is 25.0 Å². The highest BCUT2D eigenvalue weighted by atomic mass is 32.2. The summed E-state index contributed by atoms with van der Waals surface area (Å²) >= 11 is 0. The van der Waals surface area contributed by atoms with Crippen molar-refractivity contribution in [1.82, 2.24) is 9.62 Å². The molecule has 1 aromatic rings. The van der Waals surface area contributed by atoms with Crippen molar-refractivity contribution >= 4 is 15.9 Å². The molecule has 2 unspecified atom stereocenters. The van der Waals surface area contributed by atoms with Gasteiger partial charge in [0, 0.05) is 19.7 Å². The van der Waals surface area contributed by atoms with Crippen molar-refractivity contribution in [2.24, 2.45) is 0 Å². The van der Waals surface area contributed by atoms with Crippen molar-refractivity contribution in [2.75, 3.05) is 19.7 Å². The molecule has 2 fully saturated rings. The summed E-state index contributed by atoms with van der Waals surface area (Å²) in [7, 11) is -3.81. The van der Waals surface area contributed by atoms with Gasteiger partial charge in [-0.05, 0) is 49.9 Å². The van der Waals surface area contributed by atoms with Gasteiger partial charge >= 0.3 is 0 Å². The Hall–Kier alpha value is -1.51. The highest BCUT2D eigenvalue weighted by molar-refractivity contribution is 7.89. The van der Waals surface area contributed by atoms with Crippen LogP contribution in [0.3, 0.4) is 0 Å². The van der Waals surface area contributed by atoms with E-state index in [1.807, 2.05) is 0 Å². The van der Waals surface area contributed by atoms with Crippen LogP contribution in [0.1, 0.15) is 25.7 Å². The molecule has 2 aliphatic rings. The first-order chi connectivity index (χ1) is 11.5. The van der Waals surface area contributed by atoms with Crippen LogP contribution in [-0.4, -0.2) is 50.5 Å². The van der Waals surface area contributed by atoms with E-state index in [2.05, 4.69) is 5.32 Å². The van der Waals surface area contributed by atoms with Gasteiger partial charge in [0.2, 0.25) is 15.9 Å². The monoisotopic (exact) mass is 356 g/mol. The van der Waals surface area contributed by atoms with Crippen LogP contribution in [0, 0.1) is 5.82 Å². The SMILES string of the molecule is O=C(NCC1CCCO1)C1CCCN1S(=O)(=O)c1ccc(F)cc1. The Morgan fingerprint density at radius 3 is 2.67 bits per heavy atom. The van der Waals surface area contributed by atoms with Crippen LogP contribution in [0.2, 0.25) is 0 Å². The summed E-state index contributed by atoms with van der Waals surface area (Å²) in [4.78, 5) is 12.4. The zero-order valence-electron chi connectivity index (χ0n) is 13.3. The molecule has 2 saturated heterocycles. The first-order valence-corrected chi connectivity index (χ1v) is 9.59. The van der Waals surface area contributed by atoms with Crippen molar-refractivity contribution in [3.05, 3.63) is 30.1 Å². The standard InChI is InChI=1S/C16H21FN2O4S/c17-12-5-7-14(8-6-12)24(21,22)19-9-1-4-15(19)16(20)18-11-13-3-2-10-23-13/h5-8,13,15H,1-4,9-11H2,(H,18,20). The molecule has 3 rings (SSSR count). The van der Waals surface area contributed by atoms with Gasteiger partial charge in [0.15, 0.2) is 0 Å². The van der Waals surface area contributed by atoms with E-state index in [4.69, 9.17) is 4.74 Å². The predicted octanol–water partition coefficient (Wildman–Crippen LogP) is 1.27. The fraction of sp³-hybridized carbons (Fsp3) is 0.562. The fourth-order valence-electron chi connectivity index (χ4n) is 3.17. The van der Waals surface area contributed by atoms with Crippen molar-refractivity contribution in [3.63, 3.8) is 0 Å². The Kier molecular flexibility index (Phi) is 5.17. The number of sulfonamides is 1. The summed E-state index contributed by atoms with van der Waals surface area (Å²) in [5.41, 5.74) is 0. The van der Waals surface area contributed by atoms with E-state index in [1.165, 1.54) is 16.4 Å². The van der Waals surface area contributed by atoms with Gasteiger partial charge in [0.1, 0.15) is 11.9 Å². The first kappa shape index (κ1) is 17.3. The van der Waals surface area contributed by atoms with Gasteiger partial charge in [-0.15, -0.1) is 0 Å². The van der Waals surface area contributed by atoms with Gasteiger partial charge in [0.05, 0.1) is 11.0 Å². The van der Waals surface area contributed by atoms with E-state index in [9.17, 15) is 17.6 Å². The number of amides is 1. The van der Waals surface area contributed by atoms with Crippen molar-refractivity contribution in [1.29, 1.82) is 0 Å². The summed E-state index contributed by atoms with van der Waals surface area (Å²) < 4.78 is 45.1. The number of rotatable bonds is 5. The molecule has 1 aromatic carbocycles. The van der Waals surface area contributed by atoms with Gasteiger partial charge in [-0.25, -0.2) is 12.8 Å². The number of carbonyl (C=O) groups excluding carboxylic acids is 1. The maximum atomic E-state index is 13.0. The summed E-state index contributed by atoms with van der Waals surface area (Å²) in [6.45, 7) is 1.40. The lowest BCUT2D eigenvalue weighted by molar-refractivity contribution is -0.124. The highest BCUT2D eigenvalue weighted by Crippen LogP contribution is 2.26. The van der Waals surface area contributed by atoms with E-state index < -0.39 is 21.9 Å². The molecule has 2 heterocycles. The van der Waals surface area contributed by atoms with Crippen LogP contribution in [0.4, 0.5) is 4.39 Å². The van der Waals surface area contributed by atoms with Crippen LogP contribution in [0.25, 0.3) is 0 Å². The van der Waals surface area contributed by atoms with Crippen molar-refractivity contribution < 1.29 is 22.3 Å². The molecule has 1 N–H and O–H groups in total. The van der Waals surface area contributed by atoms with Gasteiger partial charge < -0.3 is 10.1 Å². The molecule has 0 aromatic heterocycles. The number of nitrogens with one attached hydrogen (secondary N) is 1. The average molecular weight is 356 g/mol. The third kappa shape index (κ3) is 3.60. The molecule has 2 aliphatic heterocycles. The molecular weight excluding hydrogens is 335 g/mol. The Morgan fingerprint density at radius 1 is 1.25 bits per heavy atom. The number of nitrogens with zero attached hydrogens (tertiary/aromatic N) is 1. The Bertz CT molecular complexity index is 687. The number of carbonyl (C=O) groups is 1. The Labute approximate surface area is 141 Å². The van der Waals surface area contributed by atoms with E-state index >= 15 is 0 Å². The number of ether oxygens (including phenoxy) is 1.